The number of carboxylic acid groups (broad SMARTS) is 1. The number of rotatable bonds is 8. The molecule has 1 aliphatic rings. The Hall–Kier alpha value is -2.87. The molecule has 9 heteroatoms. The van der Waals surface area contributed by atoms with Crippen LogP contribution in [-0.4, -0.2) is 63.8 Å². The van der Waals surface area contributed by atoms with Crippen LogP contribution in [0, 0.1) is 0 Å². The topological polar surface area (TPSA) is 95.9 Å². The number of piperidine rings is 1. The Labute approximate surface area is 205 Å². The zero-order chi connectivity index (χ0) is 24.7. The molecule has 1 aromatic heterocycles. The minimum absolute atomic E-state index is 0.143. The average Bonchev–Trinajstić information content (AvgIpc) is 2.78. The summed E-state index contributed by atoms with van der Waals surface area (Å²) < 4.78 is 5.47. The fourth-order valence-corrected chi connectivity index (χ4v) is 4.09. The standard InChI is InChI=1S/C25H33ClN4O4/c1-25(2,3)34-24(33)29-13-10-19(11-14-29)21-15-27-16-22(28-21)30(17-23(31)32)12-4-5-18-6-8-20(26)9-7-18/h6-9,15-16,19H,4-5,10-14,17H2,1-3H3,(H,31,32). The van der Waals surface area contributed by atoms with Crippen LogP contribution in [0.4, 0.5) is 10.6 Å². The Kier molecular flexibility index (Phi) is 8.72. The molecular weight excluding hydrogens is 456 g/mol. The summed E-state index contributed by atoms with van der Waals surface area (Å²) in [6.07, 6.45) is 6.16. The lowest BCUT2D eigenvalue weighted by atomic mass is 9.94. The van der Waals surface area contributed by atoms with Gasteiger partial charge in [0, 0.05) is 36.8 Å². The fourth-order valence-electron chi connectivity index (χ4n) is 3.97. The van der Waals surface area contributed by atoms with Crippen LogP contribution in [0.3, 0.4) is 0 Å². The van der Waals surface area contributed by atoms with Crippen molar-refractivity contribution in [2.24, 2.45) is 0 Å². The maximum absolute atomic E-state index is 12.3. The molecule has 1 aromatic carbocycles. The highest BCUT2D eigenvalue weighted by Gasteiger charge is 2.28. The summed E-state index contributed by atoms with van der Waals surface area (Å²) >= 11 is 5.95. The van der Waals surface area contributed by atoms with Crippen molar-refractivity contribution in [1.82, 2.24) is 14.9 Å². The lowest BCUT2D eigenvalue weighted by Gasteiger charge is -2.33. The number of benzene rings is 1. The number of amides is 1. The molecule has 0 radical (unpaired) electrons. The number of nitrogens with zero attached hydrogens (tertiary/aromatic N) is 4. The zero-order valence-corrected chi connectivity index (χ0v) is 20.8. The maximum atomic E-state index is 12.3. The largest absolute Gasteiger partial charge is 0.480 e. The van der Waals surface area contributed by atoms with Crippen LogP contribution < -0.4 is 4.90 Å². The van der Waals surface area contributed by atoms with Crippen LogP contribution in [0.25, 0.3) is 0 Å². The van der Waals surface area contributed by atoms with E-state index in [9.17, 15) is 14.7 Å². The molecule has 1 fully saturated rings. The van der Waals surface area contributed by atoms with Crippen molar-refractivity contribution in [2.45, 2.75) is 58.0 Å². The Balaban J connectivity index is 1.61. The van der Waals surface area contributed by atoms with Gasteiger partial charge in [-0.15, -0.1) is 0 Å². The van der Waals surface area contributed by atoms with Gasteiger partial charge in [-0.25, -0.2) is 9.78 Å². The van der Waals surface area contributed by atoms with Crippen molar-refractivity contribution < 1.29 is 19.4 Å². The van der Waals surface area contributed by atoms with Gasteiger partial charge in [-0.3, -0.25) is 9.78 Å². The van der Waals surface area contributed by atoms with Crippen molar-refractivity contribution >= 4 is 29.5 Å². The van der Waals surface area contributed by atoms with Gasteiger partial charge in [0.2, 0.25) is 0 Å². The lowest BCUT2D eigenvalue weighted by Crippen LogP contribution is -2.41. The van der Waals surface area contributed by atoms with E-state index in [1.54, 1.807) is 22.2 Å². The van der Waals surface area contributed by atoms with Gasteiger partial charge in [-0.05, 0) is 64.2 Å². The van der Waals surface area contributed by atoms with Gasteiger partial charge in [0.25, 0.3) is 0 Å². The number of carboxylic acids is 1. The molecule has 2 heterocycles. The SMILES string of the molecule is CC(C)(C)OC(=O)N1CCC(c2cncc(N(CCCc3ccc(Cl)cc3)CC(=O)O)n2)CC1. The van der Waals surface area contributed by atoms with Crippen molar-refractivity contribution in [3.05, 3.63) is 52.9 Å². The van der Waals surface area contributed by atoms with E-state index in [-0.39, 0.29) is 18.6 Å². The van der Waals surface area contributed by atoms with E-state index in [1.165, 1.54) is 0 Å². The summed E-state index contributed by atoms with van der Waals surface area (Å²) in [7, 11) is 0. The molecule has 0 spiro atoms. The third-order valence-electron chi connectivity index (χ3n) is 5.66. The highest BCUT2D eigenvalue weighted by molar-refractivity contribution is 6.30. The van der Waals surface area contributed by atoms with Crippen LogP contribution in [0.15, 0.2) is 36.7 Å². The van der Waals surface area contributed by atoms with Crippen molar-refractivity contribution in [1.29, 1.82) is 0 Å². The number of carbonyl (C=O) groups is 2. The van der Waals surface area contributed by atoms with Crippen LogP contribution in [0.1, 0.15) is 57.2 Å². The molecule has 184 valence electrons. The second-order valence-corrected chi connectivity index (χ2v) is 10.0. The normalized spacial score (nSPS) is 14.6. The third-order valence-corrected chi connectivity index (χ3v) is 5.91. The highest BCUT2D eigenvalue weighted by Crippen LogP contribution is 2.28. The molecule has 1 saturated heterocycles. The quantitative estimate of drug-likeness (QED) is 0.571. The van der Waals surface area contributed by atoms with Gasteiger partial charge in [-0.1, -0.05) is 23.7 Å². The van der Waals surface area contributed by atoms with E-state index in [0.29, 0.717) is 30.5 Å². The zero-order valence-electron chi connectivity index (χ0n) is 20.0. The second kappa shape index (κ2) is 11.5. The summed E-state index contributed by atoms with van der Waals surface area (Å²) in [6, 6.07) is 7.67. The van der Waals surface area contributed by atoms with Crippen molar-refractivity contribution in [3.8, 4) is 0 Å². The van der Waals surface area contributed by atoms with E-state index in [2.05, 4.69) is 4.98 Å². The number of hydrogen-bond donors (Lipinski definition) is 1. The lowest BCUT2D eigenvalue weighted by molar-refractivity contribution is -0.135. The molecule has 34 heavy (non-hydrogen) atoms. The smallest absolute Gasteiger partial charge is 0.410 e. The molecule has 3 rings (SSSR count). The van der Waals surface area contributed by atoms with E-state index in [1.807, 2.05) is 45.0 Å². The molecule has 1 amide bonds. The minimum atomic E-state index is -0.913. The van der Waals surface area contributed by atoms with Crippen LogP contribution >= 0.6 is 11.6 Å². The number of aryl methyl sites for hydroxylation is 1. The summed E-state index contributed by atoms with van der Waals surface area (Å²) in [4.78, 5) is 36.4. The Morgan fingerprint density at radius 1 is 1.18 bits per heavy atom. The van der Waals surface area contributed by atoms with Gasteiger partial charge in [-0.2, -0.15) is 0 Å². The molecular formula is C25H33ClN4O4. The molecule has 1 N–H and O–H groups in total. The van der Waals surface area contributed by atoms with Crippen molar-refractivity contribution in [2.75, 3.05) is 31.1 Å². The Morgan fingerprint density at radius 2 is 1.85 bits per heavy atom. The molecule has 8 nitrogen and oxygen atoms in total. The third kappa shape index (κ3) is 7.87. The van der Waals surface area contributed by atoms with Crippen LogP contribution in [0.2, 0.25) is 5.02 Å². The molecule has 1 aliphatic heterocycles. The molecule has 0 aliphatic carbocycles. The first-order valence-electron chi connectivity index (χ1n) is 11.6. The van der Waals surface area contributed by atoms with Gasteiger partial charge < -0.3 is 19.6 Å². The van der Waals surface area contributed by atoms with Gasteiger partial charge in [0.15, 0.2) is 0 Å². The summed E-state index contributed by atoms with van der Waals surface area (Å²) in [5.41, 5.74) is 1.46. The number of aromatic nitrogens is 2. The summed E-state index contributed by atoms with van der Waals surface area (Å²) in [6.45, 7) is 7.15. The number of carbonyl (C=O) groups excluding carboxylic acids is 1. The van der Waals surface area contributed by atoms with E-state index in [0.717, 1.165) is 36.9 Å². The number of anilines is 1. The van der Waals surface area contributed by atoms with Gasteiger partial charge >= 0.3 is 12.1 Å². The molecule has 2 aromatic rings. The minimum Gasteiger partial charge on any atom is -0.480 e. The second-order valence-electron chi connectivity index (χ2n) is 9.59. The summed E-state index contributed by atoms with van der Waals surface area (Å²) in [5, 5.41) is 10.1. The molecule has 0 unspecified atom stereocenters. The van der Waals surface area contributed by atoms with Crippen LogP contribution in [-0.2, 0) is 16.0 Å². The molecule has 0 bridgehead atoms. The Bertz CT molecular complexity index is 970. The monoisotopic (exact) mass is 488 g/mol. The van der Waals surface area contributed by atoms with Gasteiger partial charge in [0.1, 0.15) is 18.0 Å². The average molecular weight is 489 g/mol. The van der Waals surface area contributed by atoms with Gasteiger partial charge in [0.05, 0.1) is 11.9 Å². The van der Waals surface area contributed by atoms with E-state index >= 15 is 0 Å². The predicted molar refractivity (Wildman–Crippen MR) is 131 cm³/mol. The van der Waals surface area contributed by atoms with E-state index in [4.69, 9.17) is 21.3 Å². The van der Waals surface area contributed by atoms with E-state index < -0.39 is 11.6 Å². The van der Waals surface area contributed by atoms with Crippen LogP contribution in [0.5, 0.6) is 0 Å². The number of halogens is 1. The molecule has 0 saturated carbocycles. The Morgan fingerprint density at radius 3 is 2.47 bits per heavy atom. The number of aliphatic carboxylic acids is 1. The predicted octanol–water partition coefficient (Wildman–Crippen LogP) is 4.77. The maximum Gasteiger partial charge on any atom is 0.410 e. The summed E-state index contributed by atoms with van der Waals surface area (Å²) in [5.74, 6) is -0.193. The fraction of sp³-hybridized carbons (Fsp3) is 0.520. The number of likely N-dealkylation sites (tertiary alicyclic amines) is 1. The first kappa shape index (κ1) is 25.7. The highest BCUT2D eigenvalue weighted by atomic mass is 35.5. The first-order valence-corrected chi connectivity index (χ1v) is 12.0. The van der Waals surface area contributed by atoms with Crippen molar-refractivity contribution in [3.63, 3.8) is 0 Å². The molecule has 0 atom stereocenters. The number of hydrogen-bond acceptors (Lipinski definition) is 6. The number of ether oxygens (including phenoxy) is 1. The first-order chi connectivity index (χ1) is 16.1.